The van der Waals surface area contributed by atoms with E-state index in [-0.39, 0.29) is 12.1 Å². The van der Waals surface area contributed by atoms with Gasteiger partial charge in [-0.3, -0.25) is 0 Å². The Bertz CT molecular complexity index is 449. The van der Waals surface area contributed by atoms with Gasteiger partial charge >= 0.3 is 5.97 Å². The highest BCUT2D eigenvalue weighted by atomic mass is 16.4. The van der Waals surface area contributed by atoms with Crippen molar-refractivity contribution in [2.75, 3.05) is 0 Å². The predicted molar refractivity (Wildman–Crippen MR) is 48.3 cm³/mol. The molecule has 4 heteroatoms. The summed E-state index contributed by atoms with van der Waals surface area (Å²) in [5.41, 5.74) is 0.501. The van der Waals surface area contributed by atoms with Crippen molar-refractivity contribution in [1.82, 2.24) is 4.98 Å². The fraction of sp³-hybridized carbons (Fsp3) is 0.100. The van der Waals surface area contributed by atoms with Gasteiger partial charge in [0.1, 0.15) is 5.69 Å². The zero-order valence-electron chi connectivity index (χ0n) is 7.19. The number of nitrogens with zero attached hydrogens (tertiary/aromatic N) is 2. The van der Waals surface area contributed by atoms with Gasteiger partial charge in [0.25, 0.3) is 0 Å². The molecule has 0 spiro atoms. The predicted octanol–water partition coefficient (Wildman–Crippen LogP) is 1.04. The van der Waals surface area contributed by atoms with Crippen LogP contribution in [-0.4, -0.2) is 16.1 Å². The summed E-state index contributed by atoms with van der Waals surface area (Å²) in [7, 11) is 0. The van der Waals surface area contributed by atoms with Crippen LogP contribution in [0.1, 0.15) is 22.5 Å². The first-order chi connectivity index (χ1) is 6.74. The van der Waals surface area contributed by atoms with Gasteiger partial charge < -0.3 is 5.11 Å². The van der Waals surface area contributed by atoms with Gasteiger partial charge in [-0.25, -0.2) is 9.78 Å². The second-order valence-electron chi connectivity index (χ2n) is 2.37. The highest BCUT2D eigenvalue weighted by molar-refractivity contribution is 5.85. The van der Waals surface area contributed by atoms with E-state index >= 15 is 0 Å². The maximum absolute atomic E-state index is 10.5. The van der Waals surface area contributed by atoms with Crippen LogP contribution in [0, 0.1) is 23.2 Å². The van der Waals surface area contributed by atoms with E-state index in [9.17, 15) is 4.79 Å². The van der Waals surface area contributed by atoms with E-state index in [0.29, 0.717) is 5.56 Å². The first kappa shape index (κ1) is 9.76. The molecule has 0 radical (unpaired) electrons. The summed E-state index contributed by atoms with van der Waals surface area (Å²) in [6, 6.07) is 4.83. The zero-order valence-corrected chi connectivity index (χ0v) is 7.19. The van der Waals surface area contributed by atoms with Crippen molar-refractivity contribution in [3.63, 3.8) is 0 Å². The maximum atomic E-state index is 10.5. The van der Waals surface area contributed by atoms with Crippen LogP contribution in [0.25, 0.3) is 0 Å². The Labute approximate surface area is 80.8 Å². The topological polar surface area (TPSA) is 74.0 Å². The van der Waals surface area contributed by atoms with Crippen LogP contribution in [0.4, 0.5) is 0 Å². The number of hydrogen-bond donors (Lipinski definition) is 1. The molecular weight excluding hydrogens is 180 g/mol. The molecule has 0 saturated heterocycles. The lowest BCUT2D eigenvalue weighted by molar-refractivity contribution is 0.0690. The van der Waals surface area contributed by atoms with Crippen molar-refractivity contribution < 1.29 is 9.90 Å². The molecule has 4 nitrogen and oxygen atoms in total. The van der Waals surface area contributed by atoms with Gasteiger partial charge in [0.05, 0.1) is 12.5 Å². The molecule has 1 N–H and O–H groups in total. The first-order valence-corrected chi connectivity index (χ1v) is 3.79. The Kier molecular flexibility index (Phi) is 3.23. The Balaban J connectivity index is 2.92. The summed E-state index contributed by atoms with van der Waals surface area (Å²) < 4.78 is 0. The van der Waals surface area contributed by atoms with Gasteiger partial charge in [0, 0.05) is 11.8 Å². The molecule has 14 heavy (non-hydrogen) atoms. The molecule has 0 aliphatic heterocycles. The van der Waals surface area contributed by atoms with Crippen molar-refractivity contribution in [3.8, 4) is 17.9 Å². The second-order valence-corrected chi connectivity index (χ2v) is 2.37. The third kappa shape index (κ3) is 2.62. The number of pyridine rings is 1. The van der Waals surface area contributed by atoms with E-state index in [0.717, 1.165) is 0 Å². The van der Waals surface area contributed by atoms with Crippen molar-refractivity contribution in [1.29, 1.82) is 5.26 Å². The molecule has 1 heterocycles. The maximum Gasteiger partial charge on any atom is 0.354 e. The fourth-order valence-corrected chi connectivity index (χ4v) is 0.811. The SMILES string of the molecule is N#CCC#Cc1ccnc(C(=O)O)c1. The van der Waals surface area contributed by atoms with Crippen molar-refractivity contribution in [2.24, 2.45) is 0 Å². The molecule has 0 aliphatic carbocycles. The minimum Gasteiger partial charge on any atom is -0.477 e. The van der Waals surface area contributed by atoms with Crippen LogP contribution in [0.15, 0.2) is 18.3 Å². The van der Waals surface area contributed by atoms with Crippen LogP contribution >= 0.6 is 0 Å². The lowest BCUT2D eigenvalue weighted by atomic mass is 10.2. The molecule has 0 atom stereocenters. The zero-order chi connectivity index (χ0) is 10.4. The second kappa shape index (κ2) is 4.64. The Morgan fingerprint density at radius 2 is 2.43 bits per heavy atom. The quantitative estimate of drug-likeness (QED) is 0.665. The molecule has 0 aliphatic rings. The van der Waals surface area contributed by atoms with Gasteiger partial charge in [-0.05, 0) is 12.1 Å². The smallest absolute Gasteiger partial charge is 0.354 e. The van der Waals surface area contributed by atoms with E-state index in [1.54, 1.807) is 6.07 Å². The fourth-order valence-electron chi connectivity index (χ4n) is 0.811. The molecule has 68 valence electrons. The molecule has 0 bridgehead atoms. The Morgan fingerprint density at radius 3 is 3.07 bits per heavy atom. The van der Waals surface area contributed by atoms with Crippen LogP contribution in [0.2, 0.25) is 0 Å². The van der Waals surface area contributed by atoms with E-state index in [2.05, 4.69) is 16.8 Å². The largest absolute Gasteiger partial charge is 0.477 e. The van der Waals surface area contributed by atoms with E-state index in [4.69, 9.17) is 10.4 Å². The third-order valence-corrected chi connectivity index (χ3v) is 1.38. The average Bonchev–Trinajstić information content (AvgIpc) is 2.19. The molecule has 1 rings (SSSR count). The van der Waals surface area contributed by atoms with E-state index < -0.39 is 5.97 Å². The highest BCUT2D eigenvalue weighted by Crippen LogP contribution is 1.99. The van der Waals surface area contributed by atoms with E-state index in [1.165, 1.54) is 12.3 Å². The van der Waals surface area contributed by atoms with Crippen molar-refractivity contribution >= 4 is 5.97 Å². The Morgan fingerprint density at radius 1 is 1.64 bits per heavy atom. The summed E-state index contributed by atoms with van der Waals surface area (Å²) in [6.45, 7) is 0. The van der Waals surface area contributed by atoms with Gasteiger partial charge in [0.15, 0.2) is 0 Å². The van der Waals surface area contributed by atoms with Gasteiger partial charge in [-0.1, -0.05) is 11.8 Å². The monoisotopic (exact) mass is 186 g/mol. The minimum absolute atomic E-state index is 0.0474. The van der Waals surface area contributed by atoms with Crippen molar-refractivity contribution in [2.45, 2.75) is 6.42 Å². The summed E-state index contributed by atoms with van der Waals surface area (Å²) in [5.74, 6) is 4.16. The lowest BCUT2D eigenvalue weighted by Crippen LogP contribution is -1.99. The third-order valence-electron chi connectivity index (χ3n) is 1.38. The molecule has 0 amide bonds. The Hall–Kier alpha value is -2.33. The normalized spacial score (nSPS) is 8.21. The minimum atomic E-state index is -1.09. The molecule has 1 aromatic heterocycles. The van der Waals surface area contributed by atoms with Crippen molar-refractivity contribution in [3.05, 3.63) is 29.6 Å². The van der Waals surface area contributed by atoms with Gasteiger partial charge in [-0.2, -0.15) is 5.26 Å². The standard InChI is InChI=1S/C10H6N2O2/c11-5-2-1-3-8-4-6-12-9(7-8)10(13)14/h4,6-7H,2H2,(H,13,14). The van der Waals surface area contributed by atoms with E-state index in [1.807, 2.05) is 6.07 Å². The highest BCUT2D eigenvalue weighted by Gasteiger charge is 2.02. The van der Waals surface area contributed by atoms with Crippen LogP contribution in [0.5, 0.6) is 0 Å². The molecule has 0 unspecified atom stereocenters. The summed E-state index contributed by atoms with van der Waals surface area (Å²) in [4.78, 5) is 14.2. The number of aromatic carboxylic acids is 1. The number of carboxylic acids is 1. The van der Waals surface area contributed by atoms with Crippen LogP contribution in [-0.2, 0) is 0 Å². The van der Waals surface area contributed by atoms with Crippen LogP contribution < -0.4 is 0 Å². The molecule has 1 aromatic rings. The number of carboxylic acid groups (broad SMARTS) is 1. The number of rotatable bonds is 1. The first-order valence-electron chi connectivity index (χ1n) is 3.79. The van der Waals surface area contributed by atoms with Gasteiger partial charge in [0.2, 0.25) is 0 Å². The number of carbonyl (C=O) groups is 1. The number of nitriles is 1. The summed E-state index contributed by atoms with van der Waals surface area (Å²) >= 11 is 0. The summed E-state index contributed by atoms with van der Waals surface area (Å²) in [5, 5.41) is 16.8. The molecule has 0 saturated carbocycles. The molecule has 0 fully saturated rings. The summed E-state index contributed by atoms with van der Waals surface area (Å²) in [6.07, 6.45) is 1.50. The molecular formula is C10H6N2O2. The average molecular weight is 186 g/mol. The van der Waals surface area contributed by atoms with Gasteiger partial charge in [-0.15, -0.1) is 0 Å². The number of hydrogen-bond acceptors (Lipinski definition) is 3. The number of aromatic nitrogens is 1. The van der Waals surface area contributed by atoms with Crippen LogP contribution in [0.3, 0.4) is 0 Å². The lowest BCUT2D eigenvalue weighted by Gasteiger charge is -1.92. The molecule has 0 aromatic carbocycles.